The van der Waals surface area contributed by atoms with E-state index >= 15 is 0 Å². The van der Waals surface area contributed by atoms with Gasteiger partial charge in [-0.05, 0) is 31.4 Å². The van der Waals surface area contributed by atoms with Crippen molar-refractivity contribution in [1.82, 2.24) is 14.7 Å². The average molecular weight is 313 g/mol. The molecule has 0 N–H and O–H groups in total. The summed E-state index contributed by atoms with van der Waals surface area (Å²) >= 11 is 0. The van der Waals surface area contributed by atoms with Crippen LogP contribution in [0.25, 0.3) is 0 Å². The van der Waals surface area contributed by atoms with Crippen molar-refractivity contribution in [1.29, 1.82) is 0 Å². The number of nitrogens with zero attached hydrogens (tertiary/aromatic N) is 3. The zero-order chi connectivity index (χ0) is 16.1. The quantitative estimate of drug-likeness (QED) is 0.852. The number of piperidine rings is 1. The van der Waals surface area contributed by atoms with Crippen molar-refractivity contribution in [3.05, 3.63) is 54.4 Å². The monoisotopic (exact) mass is 313 g/mol. The summed E-state index contributed by atoms with van der Waals surface area (Å²) in [7, 11) is 0. The van der Waals surface area contributed by atoms with Crippen molar-refractivity contribution in [3.8, 4) is 0 Å². The molecular weight excluding hydrogens is 290 g/mol. The van der Waals surface area contributed by atoms with Gasteiger partial charge in [0.15, 0.2) is 0 Å². The van der Waals surface area contributed by atoms with E-state index in [2.05, 4.69) is 5.10 Å². The van der Waals surface area contributed by atoms with Crippen molar-refractivity contribution in [3.63, 3.8) is 0 Å². The third kappa shape index (κ3) is 3.99. The number of carbonyl (C=O) groups is 1. The van der Waals surface area contributed by atoms with E-state index in [9.17, 15) is 4.79 Å². The molecule has 0 spiro atoms. The summed E-state index contributed by atoms with van der Waals surface area (Å²) in [6.45, 7) is 3.81. The van der Waals surface area contributed by atoms with E-state index in [0.717, 1.165) is 24.9 Å². The fourth-order valence-corrected chi connectivity index (χ4v) is 2.99. The molecular formula is C18H23N3O2. The molecule has 23 heavy (non-hydrogen) atoms. The zero-order valence-corrected chi connectivity index (χ0v) is 13.5. The van der Waals surface area contributed by atoms with Crippen molar-refractivity contribution in [2.45, 2.75) is 38.5 Å². The van der Waals surface area contributed by atoms with E-state index in [0.29, 0.717) is 13.2 Å². The second kappa shape index (κ2) is 7.42. The van der Waals surface area contributed by atoms with Crippen molar-refractivity contribution >= 4 is 5.91 Å². The third-order valence-electron chi connectivity index (χ3n) is 4.30. The van der Waals surface area contributed by atoms with Crippen LogP contribution in [0.3, 0.4) is 0 Å². The van der Waals surface area contributed by atoms with Crippen LogP contribution in [0, 0.1) is 0 Å². The van der Waals surface area contributed by atoms with E-state index < -0.39 is 6.10 Å². The third-order valence-corrected chi connectivity index (χ3v) is 4.30. The lowest BCUT2D eigenvalue weighted by Gasteiger charge is -2.34. The Balaban J connectivity index is 1.54. The fraction of sp³-hybridized carbons (Fsp3) is 0.444. The molecule has 2 heterocycles. The highest BCUT2D eigenvalue weighted by Gasteiger charge is 2.28. The summed E-state index contributed by atoms with van der Waals surface area (Å²) in [6, 6.07) is 12.1. The number of amides is 1. The first kappa shape index (κ1) is 15.7. The Morgan fingerprint density at radius 3 is 2.91 bits per heavy atom. The smallest absolute Gasteiger partial charge is 0.251 e. The van der Waals surface area contributed by atoms with E-state index in [4.69, 9.17) is 4.74 Å². The standard InChI is InChI=1S/C18H23N3O2/c1-15(23-14-16-7-3-2-4-8-16)18(22)20-11-5-9-17(13-20)21-12-6-10-19-21/h2-4,6-8,10,12,15,17H,5,9,11,13-14H2,1H3/t15-,17+/m1/s1. The predicted octanol–water partition coefficient (Wildman–Crippen LogP) is 2.65. The molecule has 0 bridgehead atoms. The second-order valence-electron chi connectivity index (χ2n) is 6.01. The van der Waals surface area contributed by atoms with Crippen molar-refractivity contribution in [2.24, 2.45) is 0 Å². The van der Waals surface area contributed by atoms with Gasteiger partial charge < -0.3 is 9.64 Å². The van der Waals surface area contributed by atoms with Crippen LogP contribution < -0.4 is 0 Å². The Hall–Kier alpha value is -2.14. The molecule has 1 saturated heterocycles. The molecule has 1 aromatic heterocycles. The molecule has 5 nitrogen and oxygen atoms in total. The molecule has 0 saturated carbocycles. The Bertz CT molecular complexity index is 612. The van der Waals surface area contributed by atoms with Gasteiger partial charge in [0.2, 0.25) is 0 Å². The highest BCUT2D eigenvalue weighted by molar-refractivity contribution is 5.80. The Kier molecular flexibility index (Phi) is 5.08. The topological polar surface area (TPSA) is 47.4 Å². The summed E-state index contributed by atoms with van der Waals surface area (Å²) in [6.07, 6.45) is 5.39. The SMILES string of the molecule is C[C@@H](OCc1ccccc1)C(=O)N1CCC[C@H](n2cccn2)C1. The van der Waals surface area contributed by atoms with E-state index in [1.807, 2.05) is 59.1 Å². The number of aromatic nitrogens is 2. The van der Waals surface area contributed by atoms with Crippen LogP contribution in [-0.2, 0) is 16.1 Å². The lowest BCUT2D eigenvalue weighted by Crippen LogP contribution is -2.45. The van der Waals surface area contributed by atoms with Gasteiger partial charge in [0.25, 0.3) is 5.91 Å². The van der Waals surface area contributed by atoms with E-state index in [1.54, 1.807) is 6.20 Å². The Morgan fingerprint density at radius 1 is 1.35 bits per heavy atom. The maximum absolute atomic E-state index is 12.6. The first-order chi connectivity index (χ1) is 11.2. The molecule has 1 aliphatic heterocycles. The number of likely N-dealkylation sites (tertiary alicyclic amines) is 1. The number of hydrogen-bond acceptors (Lipinski definition) is 3. The molecule has 1 fully saturated rings. The van der Waals surface area contributed by atoms with Gasteiger partial charge in [-0.1, -0.05) is 30.3 Å². The van der Waals surface area contributed by atoms with Crippen molar-refractivity contribution < 1.29 is 9.53 Å². The van der Waals surface area contributed by atoms with E-state index in [-0.39, 0.29) is 11.9 Å². The predicted molar refractivity (Wildman–Crippen MR) is 87.8 cm³/mol. The van der Waals surface area contributed by atoms with Crippen LogP contribution in [0.15, 0.2) is 48.8 Å². The molecule has 1 aliphatic rings. The van der Waals surface area contributed by atoms with Crippen LogP contribution in [0.1, 0.15) is 31.4 Å². The van der Waals surface area contributed by atoms with Gasteiger partial charge in [0.05, 0.1) is 12.6 Å². The average Bonchev–Trinajstić information content (AvgIpc) is 3.15. The van der Waals surface area contributed by atoms with Gasteiger partial charge in [-0.2, -0.15) is 5.10 Å². The maximum Gasteiger partial charge on any atom is 0.251 e. The molecule has 2 aromatic rings. The van der Waals surface area contributed by atoms with Crippen LogP contribution >= 0.6 is 0 Å². The first-order valence-corrected chi connectivity index (χ1v) is 8.17. The highest BCUT2D eigenvalue weighted by Crippen LogP contribution is 2.21. The second-order valence-corrected chi connectivity index (χ2v) is 6.01. The molecule has 1 amide bonds. The van der Waals surface area contributed by atoms with Gasteiger partial charge in [0.1, 0.15) is 6.10 Å². The molecule has 3 rings (SSSR count). The minimum absolute atomic E-state index is 0.0674. The molecule has 5 heteroatoms. The van der Waals surface area contributed by atoms with Crippen LogP contribution in [-0.4, -0.2) is 39.8 Å². The summed E-state index contributed by atoms with van der Waals surface area (Å²) in [5, 5.41) is 4.30. The summed E-state index contributed by atoms with van der Waals surface area (Å²) < 4.78 is 7.71. The fourth-order valence-electron chi connectivity index (χ4n) is 2.99. The largest absolute Gasteiger partial charge is 0.364 e. The molecule has 1 aromatic carbocycles. The minimum Gasteiger partial charge on any atom is -0.364 e. The maximum atomic E-state index is 12.6. The van der Waals surface area contributed by atoms with Crippen LogP contribution in [0.2, 0.25) is 0 Å². The van der Waals surface area contributed by atoms with Gasteiger partial charge >= 0.3 is 0 Å². The van der Waals surface area contributed by atoms with Gasteiger partial charge in [0, 0.05) is 25.5 Å². The van der Waals surface area contributed by atoms with Gasteiger partial charge in [-0.15, -0.1) is 0 Å². The molecule has 0 aliphatic carbocycles. The summed E-state index contributed by atoms with van der Waals surface area (Å²) in [5.41, 5.74) is 1.08. The van der Waals surface area contributed by atoms with Crippen molar-refractivity contribution in [2.75, 3.05) is 13.1 Å². The van der Waals surface area contributed by atoms with Gasteiger partial charge in [-0.3, -0.25) is 9.48 Å². The highest BCUT2D eigenvalue weighted by atomic mass is 16.5. The number of hydrogen-bond donors (Lipinski definition) is 0. The van der Waals surface area contributed by atoms with E-state index in [1.165, 1.54) is 0 Å². The molecule has 122 valence electrons. The lowest BCUT2D eigenvalue weighted by atomic mass is 10.1. The number of ether oxygens (including phenoxy) is 1. The molecule has 0 unspecified atom stereocenters. The zero-order valence-electron chi connectivity index (χ0n) is 13.5. The minimum atomic E-state index is -0.424. The lowest BCUT2D eigenvalue weighted by molar-refractivity contribution is -0.145. The number of rotatable bonds is 5. The summed E-state index contributed by atoms with van der Waals surface area (Å²) in [5.74, 6) is 0.0674. The number of carbonyl (C=O) groups excluding carboxylic acids is 1. The Labute approximate surface area is 136 Å². The van der Waals surface area contributed by atoms with Gasteiger partial charge in [-0.25, -0.2) is 0 Å². The summed E-state index contributed by atoms with van der Waals surface area (Å²) in [4.78, 5) is 14.5. The first-order valence-electron chi connectivity index (χ1n) is 8.17. The molecule has 0 radical (unpaired) electrons. The Morgan fingerprint density at radius 2 is 2.17 bits per heavy atom. The number of benzene rings is 1. The van der Waals surface area contributed by atoms with Crippen LogP contribution in [0.5, 0.6) is 0 Å². The molecule has 2 atom stereocenters. The van der Waals surface area contributed by atoms with Crippen LogP contribution in [0.4, 0.5) is 0 Å². The normalized spacial score (nSPS) is 19.5.